The summed E-state index contributed by atoms with van der Waals surface area (Å²) >= 11 is 5.98. The third kappa shape index (κ3) is 1.30. The summed E-state index contributed by atoms with van der Waals surface area (Å²) in [5.74, 6) is 0. The number of hydrogen-bond acceptors (Lipinski definition) is 2. The maximum Gasteiger partial charge on any atom is 0.329 e. The molecule has 1 aliphatic rings. The monoisotopic (exact) mass is 236 g/mol. The Hall–Kier alpha value is -1.55. The van der Waals surface area contributed by atoms with E-state index in [1.165, 1.54) is 4.57 Å². The smallest absolute Gasteiger partial charge is 0.307 e. The van der Waals surface area contributed by atoms with Crippen LogP contribution in [0.2, 0.25) is 5.02 Å². The standard InChI is InChI=1S/C11H9ClN2O2/c12-7-2-1-3-8-9(7)10(15)14(6-4-5-6)11(16)13-8/h1-3,6H,4-5H2,(H,13,16). The number of benzene rings is 1. The van der Waals surface area contributed by atoms with E-state index >= 15 is 0 Å². The number of aromatic nitrogens is 2. The fourth-order valence-electron chi connectivity index (χ4n) is 1.90. The van der Waals surface area contributed by atoms with E-state index in [1.54, 1.807) is 18.2 Å². The lowest BCUT2D eigenvalue weighted by atomic mass is 10.2. The first kappa shape index (κ1) is 9.66. The fourth-order valence-corrected chi connectivity index (χ4v) is 2.15. The number of hydrogen-bond donors (Lipinski definition) is 1. The highest BCUT2D eigenvalue weighted by molar-refractivity contribution is 6.35. The van der Waals surface area contributed by atoms with Crippen LogP contribution in [0.3, 0.4) is 0 Å². The number of rotatable bonds is 1. The first-order valence-electron chi connectivity index (χ1n) is 5.11. The van der Waals surface area contributed by atoms with Crippen LogP contribution >= 0.6 is 11.6 Å². The van der Waals surface area contributed by atoms with E-state index in [2.05, 4.69) is 4.98 Å². The van der Waals surface area contributed by atoms with Gasteiger partial charge in [0, 0.05) is 6.04 Å². The number of H-pyrrole nitrogens is 1. The van der Waals surface area contributed by atoms with Gasteiger partial charge in [0.1, 0.15) is 0 Å². The molecule has 1 saturated carbocycles. The zero-order valence-corrected chi connectivity index (χ0v) is 9.12. The third-order valence-corrected chi connectivity index (χ3v) is 3.13. The Morgan fingerprint density at radius 3 is 2.75 bits per heavy atom. The molecule has 1 heterocycles. The highest BCUT2D eigenvalue weighted by Gasteiger charge is 2.27. The Morgan fingerprint density at radius 1 is 1.31 bits per heavy atom. The highest BCUT2D eigenvalue weighted by Crippen LogP contribution is 2.32. The van der Waals surface area contributed by atoms with E-state index in [9.17, 15) is 9.59 Å². The van der Waals surface area contributed by atoms with Crippen molar-refractivity contribution in [2.24, 2.45) is 0 Å². The van der Waals surface area contributed by atoms with Crippen LogP contribution in [0.25, 0.3) is 10.9 Å². The van der Waals surface area contributed by atoms with E-state index in [-0.39, 0.29) is 17.3 Å². The highest BCUT2D eigenvalue weighted by atomic mass is 35.5. The summed E-state index contributed by atoms with van der Waals surface area (Å²) in [6.45, 7) is 0. The van der Waals surface area contributed by atoms with Crippen LogP contribution in [0.4, 0.5) is 0 Å². The van der Waals surface area contributed by atoms with Crippen LogP contribution in [-0.4, -0.2) is 9.55 Å². The van der Waals surface area contributed by atoms with Crippen LogP contribution in [-0.2, 0) is 0 Å². The van der Waals surface area contributed by atoms with Crippen molar-refractivity contribution >= 4 is 22.5 Å². The average Bonchev–Trinajstić information content (AvgIpc) is 3.01. The molecule has 0 radical (unpaired) electrons. The van der Waals surface area contributed by atoms with Gasteiger partial charge in [-0.05, 0) is 25.0 Å². The Balaban J connectivity index is 2.50. The quantitative estimate of drug-likeness (QED) is 0.819. The molecule has 1 aromatic heterocycles. The van der Waals surface area contributed by atoms with Gasteiger partial charge < -0.3 is 4.98 Å². The maximum absolute atomic E-state index is 12.1. The molecule has 0 bridgehead atoms. The molecule has 0 unspecified atom stereocenters. The van der Waals surface area contributed by atoms with Crippen molar-refractivity contribution in [1.82, 2.24) is 9.55 Å². The van der Waals surface area contributed by atoms with Gasteiger partial charge in [0.25, 0.3) is 5.56 Å². The van der Waals surface area contributed by atoms with Crippen molar-refractivity contribution in [2.75, 3.05) is 0 Å². The molecule has 0 saturated heterocycles. The lowest BCUT2D eigenvalue weighted by Crippen LogP contribution is -2.34. The minimum Gasteiger partial charge on any atom is -0.307 e. The number of nitrogens with one attached hydrogen (secondary N) is 1. The molecule has 1 aliphatic carbocycles. The van der Waals surface area contributed by atoms with E-state index in [0.29, 0.717) is 15.9 Å². The van der Waals surface area contributed by atoms with Crippen LogP contribution in [0.1, 0.15) is 18.9 Å². The molecule has 4 nitrogen and oxygen atoms in total. The van der Waals surface area contributed by atoms with Gasteiger partial charge in [-0.25, -0.2) is 4.79 Å². The summed E-state index contributed by atoms with van der Waals surface area (Å²) in [5, 5.41) is 0.781. The second-order valence-corrected chi connectivity index (χ2v) is 4.41. The Kier molecular flexibility index (Phi) is 1.94. The van der Waals surface area contributed by atoms with Crippen molar-refractivity contribution in [3.8, 4) is 0 Å². The first-order valence-corrected chi connectivity index (χ1v) is 5.49. The second kappa shape index (κ2) is 3.22. The Labute approximate surface area is 95.5 Å². The fraction of sp³-hybridized carbons (Fsp3) is 0.273. The number of fused-ring (bicyclic) bond motifs is 1. The molecule has 82 valence electrons. The molecular formula is C11H9ClN2O2. The van der Waals surface area contributed by atoms with Gasteiger partial charge in [0.05, 0.1) is 15.9 Å². The Morgan fingerprint density at radius 2 is 2.06 bits per heavy atom. The second-order valence-electron chi connectivity index (χ2n) is 4.00. The number of halogens is 1. The summed E-state index contributed by atoms with van der Waals surface area (Å²) in [4.78, 5) is 26.5. The minimum atomic E-state index is -0.345. The zero-order chi connectivity index (χ0) is 11.3. The molecule has 2 aromatic rings. The SMILES string of the molecule is O=c1[nH]c2cccc(Cl)c2c(=O)n1C1CC1. The number of nitrogens with zero attached hydrogens (tertiary/aromatic N) is 1. The molecule has 16 heavy (non-hydrogen) atoms. The van der Waals surface area contributed by atoms with Crippen LogP contribution in [0.5, 0.6) is 0 Å². The number of aromatic amines is 1. The van der Waals surface area contributed by atoms with Gasteiger partial charge in [-0.15, -0.1) is 0 Å². The van der Waals surface area contributed by atoms with Gasteiger partial charge >= 0.3 is 5.69 Å². The molecular weight excluding hydrogens is 228 g/mol. The molecule has 1 N–H and O–H groups in total. The molecule has 0 atom stereocenters. The predicted molar refractivity (Wildman–Crippen MR) is 62.1 cm³/mol. The first-order chi connectivity index (χ1) is 7.68. The minimum absolute atomic E-state index is 0.0527. The molecule has 0 aliphatic heterocycles. The van der Waals surface area contributed by atoms with Crippen molar-refractivity contribution in [2.45, 2.75) is 18.9 Å². The van der Waals surface area contributed by atoms with Gasteiger partial charge in [-0.3, -0.25) is 9.36 Å². The van der Waals surface area contributed by atoms with Crippen LogP contribution in [0, 0.1) is 0 Å². The lowest BCUT2D eigenvalue weighted by Gasteiger charge is -2.05. The summed E-state index contributed by atoms with van der Waals surface area (Å²) in [6.07, 6.45) is 1.78. The molecule has 1 aromatic carbocycles. The largest absolute Gasteiger partial charge is 0.329 e. The third-order valence-electron chi connectivity index (χ3n) is 2.82. The van der Waals surface area contributed by atoms with Gasteiger partial charge in [-0.2, -0.15) is 0 Å². The Bertz CT molecular complexity index is 682. The summed E-state index contributed by atoms with van der Waals surface area (Å²) in [7, 11) is 0. The van der Waals surface area contributed by atoms with Crippen molar-refractivity contribution in [3.63, 3.8) is 0 Å². The van der Waals surface area contributed by atoms with Crippen molar-refractivity contribution in [3.05, 3.63) is 44.1 Å². The molecule has 0 amide bonds. The van der Waals surface area contributed by atoms with E-state index in [4.69, 9.17) is 11.6 Å². The lowest BCUT2D eigenvalue weighted by molar-refractivity contribution is 0.666. The van der Waals surface area contributed by atoms with E-state index in [1.807, 2.05) is 0 Å². The summed E-state index contributed by atoms with van der Waals surface area (Å²) in [6, 6.07) is 5.10. The topological polar surface area (TPSA) is 54.9 Å². The molecule has 5 heteroatoms. The molecule has 3 rings (SSSR count). The van der Waals surface area contributed by atoms with Gasteiger partial charge in [-0.1, -0.05) is 17.7 Å². The summed E-state index contributed by atoms with van der Waals surface area (Å²) < 4.78 is 1.27. The molecule has 0 spiro atoms. The van der Waals surface area contributed by atoms with Crippen molar-refractivity contribution < 1.29 is 0 Å². The van der Waals surface area contributed by atoms with Crippen LogP contribution in [0.15, 0.2) is 27.8 Å². The van der Waals surface area contributed by atoms with Gasteiger partial charge in [0.2, 0.25) is 0 Å². The predicted octanol–water partition coefficient (Wildman–Crippen LogP) is 1.68. The summed E-state index contributed by atoms with van der Waals surface area (Å²) in [5.41, 5.74) is -0.131. The van der Waals surface area contributed by atoms with Gasteiger partial charge in [0.15, 0.2) is 0 Å². The zero-order valence-electron chi connectivity index (χ0n) is 8.37. The maximum atomic E-state index is 12.1. The van der Waals surface area contributed by atoms with Crippen LogP contribution < -0.4 is 11.2 Å². The van der Waals surface area contributed by atoms with E-state index in [0.717, 1.165) is 12.8 Å². The normalized spacial score (nSPS) is 15.6. The average molecular weight is 237 g/mol. The van der Waals surface area contributed by atoms with Crippen molar-refractivity contribution in [1.29, 1.82) is 0 Å². The van der Waals surface area contributed by atoms with E-state index < -0.39 is 0 Å². The molecule has 1 fully saturated rings.